The van der Waals surface area contributed by atoms with E-state index < -0.39 is 0 Å². The highest BCUT2D eigenvalue weighted by molar-refractivity contribution is 8.00. The lowest BCUT2D eigenvalue weighted by Crippen LogP contribution is -2.19. The summed E-state index contributed by atoms with van der Waals surface area (Å²) in [4.78, 5) is 11.0. The van der Waals surface area contributed by atoms with Crippen molar-refractivity contribution < 1.29 is 4.79 Å². The van der Waals surface area contributed by atoms with Gasteiger partial charge >= 0.3 is 0 Å². The number of rotatable bonds is 7. The Morgan fingerprint density at radius 2 is 2.00 bits per heavy atom. The summed E-state index contributed by atoms with van der Waals surface area (Å²) in [6.45, 7) is 8.09. The average molecular weight is 214 g/mol. The molecule has 0 unspecified atom stereocenters. The fourth-order valence-electron chi connectivity index (χ4n) is 1.34. The Bertz CT molecular complexity index is 194. The van der Waals surface area contributed by atoms with Gasteiger partial charge in [-0.3, -0.25) is 4.79 Å². The Hall–Kier alpha value is -0.240. The van der Waals surface area contributed by atoms with Crippen LogP contribution in [-0.2, 0) is 4.79 Å². The minimum Gasteiger partial charge on any atom is -0.300 e. The summed E-state index contributed by atoms with van der Waals surface area (Å²) in [5.74, 6) is 1.39. The topological polar surface area (TPSA) is 17.1 Å². The Labute approximate surface area is 92.3 Å². The van der Waals surface area contributed by atoms with Crippen molar-refractivity contribution in [2.45, 2.75) is 51.7 Å². The predicted octanol–water partition coefficient (Wildman–Crippen LogP) is 3.83. The Balaban J connectivity index is 3.65. The molecule has 0 spiro atoms. The van der Waals surface area contributed by atoms with Gasteiger partial charge in [0.25, 0.3) is 0 Å². The monoisotopic (exact) mass is 214 g/mol. The molecule has 0 aliphatic carbocycles. The van der Waals surface area contributed by atoms with Gasteiger partial charge < -0.3 is 0 Å². The zero-order chi connectivity index (χ0) is 11.0. The van der Waals surface area contributed by atoms with Gasteiger partial charge in [0.2, 0.25) is 0 Å². The molecular formula is C12H22OS. The van der Waals surface area contributed by atoms with E-state index in [1.165, 1.54) is 0 Å². The van der Waals surface area contributed by atoms with Crippen molar-refractivity contribution in [3.05, 3.63) is 12.2 Å². The molecule has 0 amide bonds. The van der Waals surface area contributed by atoms with E-state index >= 15 is 0 Å². The molecular weight excluding hydrogens is 192 g/mol. The zero-order valence-corrected chi connectivity index (χ0v) is 10.6. The van der Waals surface area contributed by atoms with E-state index in [-0.39, 0.29) is 10.5 Å². The fourth-order valence-corrected chi connectivity index (χ4v) is 2.45. The van der Waals surface area contributed by atoms with Crippen LogP contribution in [0.15, 0.2) is 12.2 Å². The van der Waals surface area contributed by atoms with Crippen molar-refractivity contribution in [2.24, 2.45) is 0 Å². The third kappa shape index (κ3) is 8.36. The highest BCUT2D eigenvalue weighted by Crippen LogP contribution is 2.28. The quantitative estimate of drug-likeness (QED) is 0.473. The van der Waals surface area contributed by atoms with Crippen molar-refractivity contribution in [1.29, 1.82) is 0 Å². The van der Waals surface area contributed by atoms with E-state index in [4.69, 9.17) is 0 Å². The number of Topliss-reactive ketones (excluding diaryl/α,β-unsaturated/α-hetero) is 1. The van der Waals surface area contributed by atoms with Crippen LogP contribution in [0.3, 0.4) is 0 Å². The van der Waals surface area contributed by atoms with Gasteiger partial charge in [-0.15, -0.1) is 0 Å². The third-order valence-corrected chi connectivity index (χ3v) is 3.22. The normalized spacial score (nSPS) is 12.3. The van der Waals surface area contributed by atoms with E-state index in [9.17, 15) is 4.79 Å². The summed E-state index contributed by atoms with van der Waals surface area (Å²) in [6, 6.07) is 0. The van der Waals surface area contributed by atoms with Gasteiger partial charge in [-0.25, -0.2) is 0 Å². The molecule has 14 heavy (non-hydrogen) atoms. The van der Waals surface area contributed by atoms with Crippen molar-refractivity contribution in [1.82, 2.24) is 0 Å². The maximum absolute atomic E-state index is 11.0. The fraction of sp³-hybridized carbons (Fsp3) is 0.750. The molecule has 0 aromatic rings. The summed E-state index contributed by atoms with van der Waals surface area (Å²) in [5.41, 5.74) is 0. The van der Waals surface area contributed by atoms with Crippen molar-refractivity contribution in [2.75, 3.05) is 5.75 Å². The van der Waals surface area contributed by atoms with Crippen LogP contribution >= 0.6 is 11.8 Å². The lowest BCUT2D eigenvalue weighted by atomic mass is 10.1. The van der Waals surface area contributed by atoms with Crippen LogP contribution in [0.25, 0.3) is 0 Å². The van der Waals surface area contributed by atoms with Crippen LogP contribution in [0.5, 0.6) is 0 Å². The largest absolute Gasteiger partial charge is 0.300 e. The van der Waals surface area contributed by atoms with Crippen LogP contribution in [0.4, 0.5) is 0 Å². The van der Waals surface area contributed by atoms with E-state index in [0.717, 1.165) is 18.6 Å². The maximum atomic E-state index is 11.0. The first kappa shape index (κ1) is 13.8. The van der Waals surface area contributed by atoms with Crippen molar-refractivity contribution in [3.63, 3.8) is 0 Å². The van der Waals surface area contributed by atoms with Gasteiger partial charge in [-0.2, -0.15) is 11.8 Å². The third-order valence-electron chi connectivity index (χ3n) is 1.85. The molecule has 0 radical (unpaired) electrons. The first-order chi connectivity index (χ1) is 6.48. The standard InChI is InChI=1S/C12H22OS/c1-5-6-7-8-9-14-12(3,4)10-11(2)13/h6-7H,5,8-10H2,1-4H3. The van der Waals surface area contributed by atoms with Gasteiger partial charge in [0.1, 0.15) is 5.78 Å². The first-order valence-electron chi connectivity index (χ1n) is 5.26. The molecule has 0 aliphatic rings. The van der Waals surface area contributed by atoms with Crippen LogP contribution < -0.4 is 0 Å². The first-order valence-corrected chi connectivity index (χ1v) is 6.25. The van der Waals surface area contributed by atoms with Crippen LogP contribution in [-0.4, -0.2) is 16.3 Å². The molecule has 0 atom stereocenters. The van der Waals surface area contributed by atoms with E-state index in [2.05, 4.69) is 32.9 Å². The highest BCUT2D eigenvalue weighted by Gasteiger charge is 2.19. The minimum absolute atomic E-state index is 0.103. The molecule has 0 aromatic carbocycles. The van der Waals surface area contributed by atoms with Gasteiger partial charge in [0.15, 0.2) is 0 Å². The summed E-state index contributed by atoms with van der Waals surface area (Å²) in [7, 11) is 0. The highest BCUT2D eigenvalue weighted by atomic mass is 32.2. The number of hydrogen-bond acceptors (Lipinski definition) is 2. The lowest BCUT2D eigenvalue weighted by Gasteiger charge is -2.22. The van der Waals surface area contributed by atoms with Crippen molar-refractivity contribution in [3.8, 4) is 0 Å². The number of ketones is 1. The second-order valence-electron chi connectivity index (χ2n) is 4.16. The van der Waals surface area contributed by atoms with Crippen molar-refractivity contribution >= 4 is 17.5 Å². The number of carbonyl (C=O) groups excluding carboxylic acids is 1. The van der Waals surface area contributed by atoms with Gasteiger partial charge in [-0.1, -0.05) is 32.9 Å². The summed E-state index contributed by atoms with van der Waals surface area (Å²) >= 11 is 1.89. The SMILES string of the molecule is CCC=CCCSC(C)(C)CC(C)=O. The molecule has 1 nitrogen and oxygen atoms in total. The molecule has 0 bridgehead atoms. The Morgan fingerprint density at radius 1 is 1.36 bits per heavy atom. The molecule has 0 N–H and O–H groups in total. The molecule has 0 heterocycles. The smallest absolute Gasteiger partial charge is 0.131 e. The second-order valence-corrected chi connectivity index (χ2v) is 5.96. The second kappa shape index (κ2) is 7.10. The molecule has 0 aromatic heterocycles. The maximum Gasteiger partial charge on any atom is 0.131 e. The molecule has 0 saturated heterocycles. The minimum atomic E-state index is 0.103. The molecule has 0 rings (SSSR count). The molecule has 82 valence electrons. The number of carbonyl (C=O) groups is 1. The summed E-state index contributed by atoms with van der Waals surface area (Å²) in [5, 5.41) is 0. The molecule has 0 aliphatic heterocycles. The number of thioether (sulfide) groups is 1. The Morgan fingerprint density at radius 3 is 2.50 bits per heavy atom. The van der Waals surface area contributed by atoms with E-state index in [1.807, 2.05) is 11.8 Å². The Kier molecular flexibility index (Phi) is 6.98. The molecule has 0 saturated carbocycles. The van der Waals surface area contributed by atoms with Gasteiger partial charge in [-0.05, 0) is 25.5 Å². The van der Waals surface area contributed by atoms with Crippen LogP contribution in [0.1, 0.15) is 47.0 Å². The number of hydrogen-bond donors (Lipinski definition) is 0. The zero-order valence-electron chi connectivity index (χ0n) is 9.80. The van der Waals surface area contributed by atoms with Gasteiger partial charge in [0, 0.05) is 11.2 Å². The summed E-state index contributed by atoms with van der Waals surface area (Å²) in [6.07, 6.45) is 7.31. The predicted molar refractivity (Wildman–Crippen MR) is 65.9 cm³/mol. The molecule has 0 fully saturated rings. The van der Waals surface area contributed by atoms with E-state index in [0.29, 0.717) is 6.42 Å². The summed E-state index contributed by atoms with van der Waals surface area (Å²) < 4.78 is 0.103. The lowest BCUT2D eigenvalue weighted by molar-refractivity contribution is -0.117. The number of allylic oxidation sites excluding steroid dienone is 2. The average Bonchev–Trinajstić information content (AvgIpc) is 2.01. The van der Waals surface area contributed by atoms with Gasteiger partial charge in [0.05, 0.1) is 0 Å². The van der Waals surface area contributed by atoms with E-state index in [1.54, 1.807) is 6.92 Å². The van der Waals surface area contributed by atoms with Crippen LogP contribution in [0.2, 0.25) is 0 Å². The molecule has 2 heteroatoms. The van der Waals surface area contributed by atoms with Crippen LogP contribution in [0, 0.1) is 0 Å².